The molecule has 2 heterocycles. The van der Waals surface area contributed by atoms with E-state index in [1.54, 1.807) is 6.07 Å². The van der Waals surface area contributed by atoms with Gasteiger partial charge in [-0.1, -0.05) is 11.8 Å². The maximum atomic E-state index is 12.1. The predicted molar refractivity (Wildman–Crippen MR) is 92.9 cm³/mol. The summed E-state index contributed by atoms with van der Waals surface area (Å²) in [6, 6.07) is 7.33. The number of anilines is 1. The fourth-order valence-corrected chi connectivity index (χ4v) is 3.22. The molecule has 1 aliphatic heterocycles. The third-order valence-electron chi connectivity index (χ3n) is 3.35. The van der Waals surface area contributed by atoms with E-state index in [9.17, 15) is 4.79 Å². The van der Waals surface area contributed by atoms with Crippen LogP contribution >= 0.6 is 11.8 Å². The molecule has 6 nitrogen and oxygen atoms in total. The topological polar surface area (TPSA) is 73.3 Å². The summed E-state index contributed by atoms with van der Waals surface area (Å²) in [7, 11) is 0. The lowest BCUT2D eigenvalue weighted by molar-refractivity contribution is -0.115. The smallest absolute Gasteiger partial charge is 0.225 e. The minimum Gasteiger partial charge on any atom is -0.486 e. The summed E-state index contributed by atoms with van der Waals surface area (Å²) in [4.78, 5) is 20.8. The van der Waals surface area contributed by atoms with Crippen molar-refractivity contribution in [1.82, 2.24) is 9.97 Å². The number of rotatable bonds is 5. The Morgan fingerprint density at radius 2 is 1.83 bits per heavy atom. The van der Waals surface area contributed by atoms with Gasteiger partial charge in [-0.25, -0.2) is 9.97 Å². The first kappa shape index (κ1) is 16.6. The average molecular weight is 345 g/mol. The third-order valence-corrected chi connectivity index (χ3v) is 4.20. The molecule has 0 radical (unpaired) electrons. The maximum absolute atomic E-state index is 12.1. The number of benzene rings is 1. The number of ether oxygens (including phenoxy) is 2. The van der Waals surface area contributed by atoms with Crippen molar-refractivity contribution in [2.75, 3.05) is 24.3 Å². The molecule has 0 unspecified atom stereocenters. The number of fused-ring (bicyclic) bond motifs is 1. The summed E-state index contributed by atoms with van der Waals surface area (Å²) in [6.45, 7) is 4.95. The zero-order valence-electron chi connectivity index (χ0n) is 13.7. The number of thioether (sulfide) groups is 1. The molecular weight excluding hydrogens is 326 g/mol. The van der Waals surface area contributed by atoms with E-state index in [0.717, 1.165) is 11.4 Å². The molecule has 126 valence electrons. The first-order valence-electron chi connectivity index (χ1n) is 7.75. The number of amides is 1. The maximum Gasteiger partial charge on any atom is 0.225 e. The Morgan fingerprint density at radius 1 is 1.12 bits per heavy atom. The quantitative estimate of drug-likeness (QED) is 0.663. The van der Waals surface area contributed by atoms with Gasteiger partial charge in [0.05, 0.1) is 0 Å². The molecule has 0 saturated heterocycles. The standard InChI is InChI=1S/C17H19N3O3S/c1-11-9-12(2)19-17(18-11)24-8-5-16(21)20-13-3-4-14-15(10-13)23-7-6-22-14/h3-4,9-10H,5-8H2,1-2H3,(H,20,21). The molecule has 1 aromatic carbocycles. The second-order valence-electron chi connectivity index (χ2n) is 5.44. The molecule has 2 aromatic rings. The Labute approximate surface area is 145 Å². The van der Waals surface area contributed by atoms with Crippen molar-refractivity contribution in [3.63, 3.8) is 0 Å². The van der Waals surface area contributed by atoms with Gasteiger partial charge < -0.3 is 14.8 Å². The summed E-state index contributed by atoms with van der Waals surface area (Å²) >= 11 is 1.48. The number of hydrogen-bond donors (Lipinski definition) is 1. The summed E-state index contributed by atoms with van der Waals surface area (Å²) in [5, 5.41) is 3.58. The molecule has 0 atom stereocenters. The van der Waals surface area contributed by atoms with Crippen LogP contribution in [0.5, 0.6) is 11.5 Å². The van der Waals surface area contributed by atoms with Crippen molar-refractivity contribution >= 4 is 23.4 Å². The first-order valence-corrected chi connectivity index (χ1v) is 8.73. The molecule has 1 aromatic heterocycles. The molecule has 3 rings (SSSR count). The summed E-state index contributed by atoms with van der Waals surface area (Å²) in [5.41, 5.74) is 2.58. The molecule has 1 aliphatic rings. The fraction of sp³-hybridized carbons (Fsp3) is 0.353. The van der Waals surface area contributed by atoms with Gasteiger partial charge in [0.1, 0.15) is 13.2 Å². The van der Waals surface area contributed by atoms with E-state index in [0.29, 0.717) is 47.7 Å². The van der Waals surface area contributed by atoms with Gasteiger partial charge in [0.2, 0.25) is 5.91 Å². The first-order chi connectivity index (χ1) is 11.6. The second kappa shape index (κ2) is 7.53. The van der Waals surface area contributed by atoms with Crippen LogP contribution in [-0.4, -0.2) is 34.8 Å². The SMILES string of the molecule is Cc1cc(C)nc(SCCC(=O)Nc2ccc3c(c2)OCCO3)n1. The van der Waals surface area contributed by atoms with Crippen LogP contribution in [0.3, 0.4) is 0 Å². The van der Waals surface area contributed by atoms with Crippen molar-refractivity contribution < 1.29 is 14.3 Å². The van der Waals surface area contributed by atoms with Gasteiger partial charge in [-0.2, -0.15) is 0 Å². The summed E-state index contributed by atoms with van der Waals surface area (Å²) in [6.07, 6.45) is 0.384. The number of nitrogens with one attached hydrogen (secondary N) is 1. The Morgan fingerprint density at radius 3 is 2.58 bits per heavy atom. The lowest BCUT2D eigenvalue weighted by atomic mass is 10.2. The number of aryl methyl sites for hydroxylation is 2. The fourth-order valence-electron chi connectivity index (χ4n) is 2.34. The largest absolute Gasteiger partial charge is 0.486 e. The molecule has 0 saturated carbocycles. The monoisotopic (exact) mass is 345 g/mol. The highest BCUT2D eigenvalue weighted by atomic mass is 32.2. The summed E-state index contributed by atoms with van der Waals surface area (Å²) in [5.74, 6) is 1.95. The van der Waals surface area contributed by atoms with Gasteiger partial charge in [-0.05, 0) is 32.0 Å². The number of carbonyl (C=O) groups is 1. The zero-order valence-corrected chi connectivity index (χ0v) is 14.5. The van der Waals surface area contributed by atoms with Gasteiger partial charge in [-0.3, -0.25) is 4.79 Å². The number of hydrogen-bond acceptors (Lipinski definition) is 6. The number of carbonyl (C=O) groups excluding carboxylic acids is 1. The minimum absolute atomic E-state index is 0.0523. The highest BCUT2D eigenvalue weighted by Crippen LogP contribution is 2.32. The Bertz CT molecular complexity index is 732. The van der Waals surface area contributed by atoms with E-state index in [2.05, 4.69) is 15.3 Å². The molecule has 24 heavy (non-hydrogen) atoms. The Kier molecular flexibility index (Phi) is 5.20. The van der Waals surface area contributed by atoms with Gasteiger partial charge in [0, 0.05) is 35.3 Å². The lowest BCUT2D eigenvalue weighted by Crippen LogP contribution is -2.16. The molecule has 1 amide bonds. The van der Waals surface area contributed by atoms with Crippen LogP contribution in [0.2, 0.25) is 0 Å². The normalized spacial score (nSPS) is 12.8. The van der Waals surface area contributed by atoms with E-state index < -0.39 is 0 Å². The van der Waals surface area contributed by atoms with Crippen LogP contribution in [-0.2, 0) is 4.79 Å². The minimum atomic E-state index is -0.0523. The van der Waals surface area contributed by atoms with Crippen LogP contribution in [0.25, 0.3) is 0 Å². The molecule has 7 heteroatoms. The third kappa shape index (κ3) is 4.38. The van der Waals surface area contributed by atoms with Crippen LogP contribution in [0, 0.1) is 13.8 Å². The predicted octanol–water partition coefficient (Wildman–Crippen LogP) is 2.99. The highest BCUT2D eigenvalue weighted by Gasteiger charge is 2.13. The van der Waals surface area contributed by atoms with Crippen molar-refractivity contribution in [2.24, 2.45) is 0 Å². The Balaban J connectivity index is 1.50. The van der Waals surface area contributed by atoms with Gasteiger partial charge >= 0.3 is 0 Å². The average Bonchev–Trinajstić information content (AvgIpc) is 2.54. The van der Waals surface area contributed by atoms with Crippen molar-refractivity contribution in [1.29, 1.82) is 0 Å². The van der Waals surface area contributed by atoms with Crippen LogP contribution in [0.4, 0.5) is 5.69 Å². The van der Waals surface area contributed by atoms with Gasteiger partial charge in [0.25, 0.3) is 0 Å². The van der Waals surface area contributed by atoms with Crippen LogP contribution in [0.1, 0.15) is 17.8 Å². The molecule has 0 spiro atoms. The highest BCUT2D eigenvalue weighted by molar-refractivity contribution is 7.99. The van der Waals surface area contributed by atoms with E-state index in [1.165, 1.54) is 11.8 Å². The van der Waals surface area contributed by atoms with Crippen molar-refractivity contribution in [3.8, 4) is 11.5 Å². The van der Waals surface area contributed by atoms with E-state index >= 15 is 0 Å². The molecular formula is C17H19N3O3S. The second-order valence-corrected chi connectivity index (χ2v) is 6.50. The lowest BCUT2D eigenvalue weighted by Gasteiger charge is -2.19. The van der Waals surface area contributed by atoms with E-state index in [4.69, 9.17) is 9.47 Å². The van der Waals surface area contributed by atoms with Crippen molar-refractivity contribution in [3.05, 3.63) is 35.7 Å². The molecule has 0 aliphatic carbocycles. The molecule has 0 bridgehead atoms. The van der Waals surface area contributed by atoms with Gasteiger partial charge in [-0.15, -0.1) is 0 Å². The van der Waals surface area contributed by atoms with Crippen molar-refractivity contribution in [2.45, 2.75) is 25.4 Å². The number of nitrogens with zero attached hydrogens (tertiary/aromatic N) is 2. The van der Waals surface area contributed by atoms with E-state index in [1.807, 2.05) is 32.0 Å². The van der Waals surface area contributed by atoms with E-state index in [-0.39, 0.29) is 5.91 Å². The van der Waals surface area contributed by atoms with Gasteiger partial charge in [0.15, 0.2) is 16.7 Å². The molecule has 0 fully saturated rings. The summed E-state index contributed by atoms with van der Waals surface area (Å²) < 4.78 is 11.0. The Hall–Kier alpha value is -2.28. The van der Waals surface area contributed by atoms with Crippen LogP contribution in [0.15, 0.2) is 29.4 Å². The van der Waals surface area contributed by atoms with Crippen LogP contribution < -0.4 is 14.8 Å². The number of aromatic nitrogens is 2. The zero-order chi connectivity index (χ0) is 16.9. The molecule has 1 N–H and O–H groups in total.